The number of aromatic hydroxyl groups is 1. The molecule has 1 amide bonds. The van der Waals surface area contributed by atoms with Gasteiger partial charge in [0.15, 0.2) is 0 Å². The fourth-order valence-corrected chi connectivity index (χ4v) is 1.43. The summed E-state index contributed by atoms with van der Waals surface area (Å²) in [4.78, 5) is 11.7. The third-order valence-electron chi connectivity index (χ3n) is 2.40. The average Bonchev–Trinajstić information content (AvgIpc) is 2.33. The Morgan fingerprint density at radius 2 is 2.28 bits per heavy atom. The Labute approximate surface area is 107 Å². The van der Waals surface area contributed by atoms with Crippen LogP contribution in [0.15, 0.2) is 30.9 Å². The fourth-order valence-electron chi connectivity index (χ4n) is 1.43. The van der Waals surface area contributed by atoms with Gasteiger partial charge in [-0.2, -0.15) is 0 Å². The molecular weight excluding hydrogens is 230 g/mol. The van der Waals surface area contributed by atoms with Crippen molar-refractivity contribution in [2.75, 3.05) is 19.8 Å². The molecule has 18 heavy (non-hydrogen) atoms. The summed E-state index contributed by atoms with van der Waals surface area (Å²) in [5.41, 5.74) is 1.20. The Morgan fingerprint density at radius 1 is 1.50 bits per heavy atom. The lowest BCUT2D eigenvalue weighted by Gasteiger charge is -2.07. The van der Waals surface area contributed by atoms with Gasteiger partial charge in [-0.1, -0.05) is 12.1 Å². The molecule has 0 aromatic heterocycles. The summed E-state index contributed by atoms with van der Waals surface area (Å²) in [5.74, 6) is -0.292. The first-order valence-electron chi connectivity index (χ1n) is 5.91. The second-order valence-electron chi connectivity index (χ2n) is 3.97. The summed E-state index contributed by atoms with van der Waals surface area (Å²) in [6.07, 6.45) is 2.58. The smallest absolute Gasteiger partial charge is 0.255 e. The zero-order valence-electron chi connectivity index (χ0n) is 10.6. The molecule has 0 atom stereocenters. The predicted octanol–water partition coefficient (Wildman–Crippen LogP) is 2.02. The summed E-state index contributed by atoms with van der Waals surface area (Å²) < 4.78 is 5.26. The van der Waals surface area contributed by atoms with Gasteiger partial charge in [0.05, 0.1) is 18.8 Å². The largest absolute Gasteiger partial charge is 0.507 e. The third-order valence-corrected chi connectivity index (χ3v) is 2.40. The Hall–Kier alpha value is -1.81. The van der Waals surface area contributed by atoms with Crippen LogP contribution in [0.25, 0.3) is 0 Å². The maximum absolute atomic E-state index is 11.7. The van der Waals surface area contributed by atoms with Crippen molar-refractivity contribution in [3.8, 4) is 5.75 Å². The van der Waals surface area contributed by atoms with E-state index in [1.807, 2.05) is 6.92 Å². The molecule has 1 aromatic rings. The first-order chi connectivity index (χ1) is 8.65. The van der Waals surface area contributed by atoms with Gasteiger partial charge in [-0.25, -0.2) is 0 Å². The number of nitrogens with one attached hydrogen (secondary N) is 1. The minimum atomic E-state index is -0.292. The minimum Gasteiger partial charge on any atom is -0.507 e. The van der Waals surface area contributed by atoms with Crippen molar-refractivity contribution in [1.82, 2.24) is 5.32 Å². The lowest BCUT2D eigenvalue weighted by Crippen LogP contribution is -2.27. The van der Waals surface area contributed by atoms with Gasteiger partial charge in [-0.05, 0) is 31.0 Å². The quantitative estimate of drug-likeness (QED) is 0.574. The molecule has 0 unspecified atom stereocenters. The van der Waals surface area contributed by atoms with Crippen molar-refractivity contribution in [3.63, 3.8) is 0 Å². The molecular formula is C14H19NO3. The van der Waals surface area contributed by atoms with E-state index in [2.05, 4.69) is 11.9 Å². The van der Waals surface area contributed by atoms with Crippen LogP contribution in [0.3, 0.4) is 0 Å². The highest BCUT2D eigenvalue weighted by atomic mass is 16.5. The summed E-state index contributed by atoms with van der Waals surface area (Å²) in [7, 11) is 0. The third kappa shape index (κ3) is 4.59. The molecule has 0 aliphatic rings. The first-order valence-corrected chi connectivity index (χ1v) is 5.91. The van der Waals surface area contributed by atoms with Gasteiger partial charge >= 0.3 is 0 Å². The van der Waals surface area contributed by atoms with Gasteiger partial charge in [0.25, 0.3) is 5.91 Å². The number of ether oxygens (including phenoxy) is 1. The molecule has 4 nitrogen and oxygen atoms in total. The molecule has 2 N–H and O–H groups in total. The zero-order chi connectivity index (χ0) is 13.4. The van der Waals surface area contributed by atoms with E-state index in [1.54, 1.807) is 24.3 Å². The van der Waals surface area contributed by atoms with Crippen LogP contribution in [-0.2, 0) is 4.74 Å². The Bertz CT molecular complexity index is 416. The van der Waals surface area contributed by atoms with Crippen molar-refractivity contribution in [3.05, 3.63) is 42.0 Å². The Morgan fingerprint density at radius 3 is 2.94 bits per heavy atom. The van der Waals surface area contributed by atoms with Gasteiger partial charge in [-0.15, -0.1) is 6.58 Å². The molecule has 98 valence electrons. The lowest BCUT2D eigenvalue weighted by molar-refractivity contribution is 0.0915. The van der Waals surface area contributed by atoms with Crippen LogP contribution < -0.4 is 5.32 Å². The van der Waals surface area contributed by atoms with Crippen LogP contribution in [-0.4, -0.2) is 30.8 Å². The number of phenolic OH excluding ortho intramolecular Hbond substituents is 1. The first kappa shape index (κ1) is 14.3. The van der Waals surface area contributed by atoms with Crippen LogP contribution in [0.5, 0.6) is 5.75 Å². The van der Waals surface area contributed by atoms with E-state index in [4.69, 9.17) is 4.74 Å². The minimum absolute atomic E-state index is 0.0000701. The van der Waals surface area contributed by atoms with Crippen LogP contribution >= 0.6 is 0 Å². The fraction of sp³-hybridized carbons (Fsp3) is 0.357. The van der Waals surface area contributed by atoms with E-state index < -0.39 is 0 Å². The lowest BCUT2D eigenvalue weighted by atomic mass is 10.1. The summed E-state index contributed by atoms with van der Waals surface area (Å²) in [5, 5.41) is 12.3. The number of benzene rings is 1. The second-order valence-corrected chi connectivity index (χ2v) is 3.97. The number of carbonyl (C=O) groups excluding carboxylic acids is 1. The van der Waals surface area contributed by atoms with Crippen molar-refractivity contribution in [1.29, 1.82) is 0 Å². The number of rotatable bonds is 7. The monoisotopic (exact) mass is 249 g/mol. The van der Waals surface area contributed by atoms with Crippen molar-refractivity contribution >= 4 is 5.91 Å². The van der Waals surface area contributed by atoms with E-state index in [0.29, 0.717) is 19.8 Å². The molecule has 1 aromatic carbocycles. The molecule has 0 aliphatic heterocycles. The number of hydrogen-bond acceptors (Lipinski definition) is 3. The van der Waals surface area contributed by atoms with E-state index in [1.165, 1.54) is 0 Å². The highest BCUT2D eigenvalue weighted by Crippen LogP contribution is 2.17. The number of aryl methyl sites for hydroxylation is 1. The zero-order valence-corrected chi connectivity index (χ0v) is 10.6. The molecule has 0 saturated heterocycles. The second kappa shape index (κ2) is 7.50. The molecule has 0 heterocycles. The molecule has 1 rings (SSSR count). The highest BCUT2D eigenvalue weighted by Gasteiger charge is 2.09. The van der Waals surface area contributed by atoms with Crippen LogP contribution in [0.1, 0.15) is 22.3 Å². The maximum Gasteiger partial charge on any atom is 0.255 e. The molecule has 4 heteroatoms. The van der Waals surface area contributed by atoms with E-state index in [0.717, 1.165) is 12.0 Å². The number of carbonyl (C=O) groups is 1. The van der Waals surface area contributed by atoms with Crippen molar-refractivity contribution in [2.24, 2.45) is 0 Å². The predicted molar refractivity (Wildman–Crippen MR) is 70.8 cm³/mol. The van der Waals surface area contributed by atoms with Gasteiger partial charge in [0, 0.05) is 6.54 Å². The Balaban J connectivity index is 2.34. The summed E-state index contributed by atoms with van der Waals surface area (Å²) >= 11 is 0. The average molecular weight is 249 g/mol. The summed E-state index contributed by atoms with van der Waals surface area (Å²) in [6, 6.07) is 4.96. The Kier molecular flexibility index (Phi) is 5.94. The van der Waals surface area contributed by atoms with Gasteiger partial charge in [-0.3, -0.25) is 4.79 Å². The SMILES string of the molecule is C=CCCOCCNC(=O)c1ccc(C)cc1O. The van der Waals surface area contributed by atoms with E-state index in [9.17, 15) is 9.90 Å². The molecule has 0 radical (unpaired) electrons. The van der Waals surface area contributed by atoms with Gasteiger partial charge in [0.1, 0.15) is 5.75 Å². The molecule has 0 fully saturated rings. The normalized spacial score (nSPS) is 10.1. The van der Waals surface area contributed by atoms with Gasteiger partial charge in [0.2, 0.25) is 0 Å². The van der Waals surface area contributed by atoms with Crippen molar-refractivity contribution < 1.29 is 14.6 Å². The van der Waals surface area contributed by atoms with E-state index in [-0.39, 0.29) is 17.2 Å². The highest BCUT2D eigenvalue weighted by molar-refractivity contribution is 5.96. The number of hydrogen-bond donors (Lipinski definition) is 2. The van der Waals surface area contributed by atoms with Crippen LogP contribution in [0.2, 0.25) is 0 Å². The maximum atomic E-state index is 11.7. The molecule has 0 saturated carbocycles. The molecule has 0 bridgehead atoms. The van der Waals surface area contributed by atoms with Gasteiger partial charge < -0.3 is 15.2 Å². The van der Waals surface area contributed by atoms with E-state index >= 15 is 0 Å². The molecule has 0 spiro atoms. The van der Waals surface area contributed by atoms with Crippen LogP contribution in [0.4, 0.5) is 0 Å². The standard InChI is InChI=1S/C14H19NO3/c1-3-4-8-18-9-7-15-14(17)12-6-5-11(2)10-13(12)16/h3,5-6,10,16H,1,4,7-9H2,2H3,(H,15,17). The van der Waals surface area contributed by atoms with Crippen LogP contribution in [0, 0.1) is 6.92 Å². The van der Waals surface area contributed by atoms with Crippen molar-refractivity contribution in [2.45, 2.75) is 13.3 Å². The topological polar surface area (TPSA) is 58.6 Å². The molecule has 0 aliphatic carbocycles. The number of phenols is 1. The summed E-state index contributed by atoms with van der Waals surface area (Å²) in [6.45, 7) is 6.92. The number of amides is 1.